The van der Waals surface area contributed by atoms with E-state index in [9.17, 15) is 4.79 Å². The van der Waals surface area contributed by atoms with Gasteiger partial charge in [-0.25, -0.2) is 4.98 Å². The summed E-state index contributed by atoms with van der Waals surface area (Å²) in [6, 6.07) is 14.3. The first-order valence-electron chi connectivity index (χ1n) is 8.40. The van der Waals surface area contributed by atoms with Crippen molar-refractivity contribution in [2.24, 2.45) is 0 Å². The van der Waals surface area contributed by atoms with Crippen LogP contribution in [0.4, 0.5) is 0 Å². The molecule has 1 aromatic carbocycles. The van der Waals surface area contributed by atoms with Gasteiger partial charge in [-0.05, 0) is 24.1 Å². The largest absolute Gasteiger partial charge is 0.348 e. The van der Waals surface area contributed by atoms with Gasteiger partial charge in [0.1, 0.15) is 5.69 Å². The molecule has 0 aliphatic carbocycles. The van der Waals surface area contributed by atoms with Gasteiger partial charge >= 0.3 is 0 Å². The summed E-state index contributed by atoms with van der Waals surface area (Å²) in [5.41, 5.74) is 2.55. The second kappa shape index (κ2) is 6.86. The zero-order valence-corrected chi connectivity index (χ0v) is 14.5. The molecular weight excluding hydrogens is 336 g/mol. The van der Waals surface area contributed by atoms with E-state index in [1.165, 1.54) is 5.56 Å². The van der Waals surface area contributed by atoms with Crippen LogP contribution in [0, 0.1) is 0 Å². The van der Waals surface area contributed by atoms with Crippen LogP contribution in [0.5, 0.6) is 0 Å². The Labute approximate surface area is 151 Å². The molecule has 2 aromatic heterocycles. The van der Waals surface area contributed by atoms with E-state index >= 15 is 0 Å². The van der Waals surface area contributed by atoms with Crippen molar-refractivity contribution in [3.63, 3.8) is 0 Å². The molecule has 0 saturated carbocycles. The molecule has 6 heteroatoms. The first-order chi connectivity index (χ1) is 12.2. The van der Waals surface area contributed by atoms with E-state index in [2.05, 4.69) is 27.4 Å². The molecule has 5 nitrogen and oxygen atoms in total. The number of piperazine rings is 1. The number of fused-ring (bicyclic) bond motifs is 1. The lowest BCUT2D eigenvalue weighted by atomic mass is 10.0. The lowest BCUT2D eigenvalue weighted by Crippen LogP contribution is -2.53. The van der Waals surface area contributed by atoms with E-state index in [0.717, 1.165) is 18.4 Å². The Morgan fingerprint density at radius 3 is 2.92 bits per heavy atom. The average molecular weight is 355 g/mol. The Morgan fingerprint density at radius 2 is 2.12 bits per heavy atom. The van der Waals surface area contributed by atoms with Crippen molar-refractivity contribution in [3.05, 3.63) is 65.1 Å². The molecule has 3 heterocycles. The molecule has 1 fully saturated rings. The van der Waals surface area contributed by atoms with E-state index in [4.69, 9.17) is 11.6 Å². The molecule has 4 rings (SSSR count). The van der Waals surface area contributed by atoms with E-state index in [1.807, 2.05) is 35.2 Å². The van der Waals surface area contributed by atoms with Gasteiger partial charge < -0.3 is 15.2 Å². The topological polar surface area (TPSA) is 61.0 Å². The van der Waals surface area contributed by atoms with Crippen LogP contribution in [0.25, 0.3) is 10.9 Å². The van der Waals surface area contributed by atoms with Crippen molar-refractivity contribution < 1.29 is 4.79 Å². The summed E-state index contributed by atoms with van der Waals surface area (Å²) in [6.07, 6.45) is 2.56. The Hall–Kier alpha value is -2.37. The van der Waals surface area contributed by atoms with E-state index < -0.39 is 0 Å². The molecule has 1 aliphatic rings. The smallest absolute Gasteiger partial charge is 0.270 e. The average Bonchev–Trinajstić information content (AvgIpc) is 3.08. The third-order valence-corrected chi connectivity index (χ3v) is 4.88. The van der Waals surface area contributed by atoms with Crippen LogP contribution in [0.1, 0.15) is 16.1 Å². The molecule has 3 aromatic rings. The molecular formula is C19H19ClN4O. The Balaban J connectivity index is 1.50. The summed E-state index contributed by atoms with van der Waals surface area (Å²) in [6.45, 7) is 2.19. The maximum absolute atomic E-state index is 12.9. The summed E-state index contributed by atoms with van der Waals surface area (Å²) in [5, 5.41) is 4.79. The lowest BCUT2D eigenvalue weighted by molar-refractivity contribution is 0.0698. The standard InChI is InChI=1S/C19H19ClN4O/c20-18-17-14(6-7-22-18)11-16(23-17)19(25)24-9-8-21-15(12-24)10-13-4-2-1-3-5-13/h1-7,11,15,21,23H,8-10,12H2. The number of rotatable bonds is 3. The number of carbonyl (C=O) groups is 1. The van der Waals surface area contributed by atoms with Gasteiger partial charge in [-0.1, -0.05) is 41.9 Å². The van der Waals surface area contributed by atoms with E-state index in [-0.39, 0.29) is 11.9 Å². The number of carbonyl (C=O) groups excluding carboxylic acids is 1. The van der Waals surface area contributed by atoms with E-state index in [1.54, 1.807) is 6.20 Å². The van der Waals surface area contributed by atoms with Gasteiger partial charge in [0.25, 0.3) is 5.91 Å². The zero-order chi connectivity index (χ0) is 17.2. The maximum atomic E-state index is 12.9. The van der Waals surface area contributed by atoms with Gasteiger partial charge in [-0.3, -0.25) is 4.79 Å². The fourth-order valence-electron chi connectivity index (χ4n) is 3.35. The number of nitrogens with one attached hydrogen (secondary N) is 2. The number of hydrogen-bond acceptors (Lipinski definition) is 3. The van der Waals surface area contributed by atoms with Crippen LogP contribution in [0.3, 0.4) is 0 Å². The third-order valence-electron chi connectivity index (χ3n) is 4.59. The minimum atomic E-state index is 0.00632. The van der Waals surface area contributed by atoms with Gasteiger partial charge in [0, 0.05) is 37.3 Å². The molecule has 1 aliphatic heterocycles. The highest BCUT2D eigenvalue weighted by atomic mass is 35.5. The fraction of sp³-hybridized carbons (Fsp3) is 0.263. The number of pyridine rings is 1. The summed E-state index contributed by atoms with van der Waals surface area (Å²) >= 11 is 6.10. The fourth-order valence-corrected chi connectivity index (χ4v) is 3.56. The molecule has 1 amide bonds. The minimum absolute atomic E-state index is 0.00632. The first kappa shape index (κ1) is 16.1. The number of amides is 1. The third kappa shape index (κ3) is 3.38. The molecule has 128 valence electrons. The zero-order valence-electron chi connectivity index (χ0n) is 13.7. The monoisotopic (exact) mass is 354 g/mol. The van der Waals surface area contributed by atoms with Crippen molar-refractivity contribution in [1.82, 2.24) is 20.2 Å². The molecule has 0 bridgehead atoms. The molecule has 0 spiro atoms. The normalized spacial score (nSPS) is 17.8. The van der Waals surface area contributed by atoms with Gasteiger partial charge in [0.05, 0.1) is 5.52 Å². The molecule has 1 unspecified atom stereocenters. The Morgan fingerprint density at radius 1 is 1.28 bits per heavy atom. The molecule has 2 N–H and O–H groups in total. The van der Waals surface area contributed by atoms with Gasteiger partial charge in [0.2, 0.25) is 0 Å². The summed E-state index contributed by atoms with van der Waals surface area (Å²) < 4.78 is 0. The predicted octanol–water partition coefficient (Wildman–Crippen LogP) is 2.87. The van der Waals surface area contributed by atoms with Crippen molar-refractivity contribution in [2.45, 2.75) is 12.5 Å². The molecule has 0 radical (unpaired) electrons. The van der Waals surface area contributed by atoms with Crippen LogP contribution in [-0.4, -0.2) is 46.5 Å². The van der Waals surface area contributed by atoms with Crippen molar-refractivity contribution in [1.29, 1.82) is 0 Å². The summed E-state index contributed by atoms with van der Waals surface area (Å²) in [4.78, 5) is 22.0. The number of aromatic amines is 1. The molecule has 1 saturated heterocycles. The quantitative estimate of drug-likeness (QED) is 0.711. The van der Waals surface area contributed by atoms with E-state index in [0.29, 0.717) is 29.5 Å². The van der Waals surface area contributed by atoms with Crippen molar-refractivity contribution in [2.75, 3.05) is 19.6 Å². The van der Waals surface area contributed by atoms with Crippen LogP contribution in [-0.2, 0) is 6.42 Å². The number of H-pyrrole nitrogens is 1. The van der Waals surface area contributed by atoms with Gasteiger partial charge in [-0.2, -0.15) is 0 Å². The van der Waals surface area contributed by atoms with Crippen molar-refractivity contribution >= 4 is 28.4 Å². The minimum Gasteiger partial charge on any atom is -0.348 e. The highest BCUT2D eigenvalue weighted by Crippen LogP contribution is 2.22. The van der Waals surface area contributed by atoms with Gasteiger partial charge in [-0.15, -0.1) is 0 Å². The number of aromatic nitrogens is 2. The number of halogens is 1. The summed E-state index contributed by atoms with van der Waals surface area (Å²) in [7, 11) is 0. The second-order valence-corrected chi connectivity index (χ2v) is 6.70. The van der Waals surface area contributed by atoms with Crippen LogP contribution in [0.2, 0.25) is 5.15 Å². The maximum Gasteiger partial charge on any atom is 0.270 e. The van der Waals surface area contributed by atoms with Crippen molar-refractivity contribution in [3.8, 4) is 0 Å². The van der Waals surface area contributed by atoms with Crippen LogP contribution in [0.15, 0.2) is 48.7 Å². The number of hydrogen-bond donors (Lipinski definition) is 2. The van der Waals surface area contributed by atoms with Crippen LogP contribution >= 0.6 is 11.6 Å². The molecule has 1 atom stereocenters. The van der Waals surface area contributed by atoms with Crippen LogP contribution < -0.4 is 5.32 Å². The van der Waals surface area contributed by atoms with Gasteiger partial charge in [0.15, 0.2) is 5.15 Å². The Bertz CT molecular complexity index is 893. The summed E-state index contributed by atoms with van der Waals surface area (Å²) in [5.74, 6) is 0.00632. The lowest BCUT2D eigenvalue weighted by Gasteiger charge is -2.33. The highest BCUT2D eigenvalue weighted by molar-refractivity contribution is 6.33. The SMILES string of the molecule is O=C(c1cc2ccnc(Cl)c2[nH]1)N1CCNC(Cc2ccccc2)C1. The predicted molar refractivity (Wildman–Crippen MR) is 98.9 cm³/mol. The second-order valence-electron chi connectivity index (χ2n) is 6.34. The first-order valence-corrected chi connectivity index (χ1v) is 8.78. The number of benzene rings is 1. The number of nitrogens with zero attached hydrogens (tertiary/aromatic N) is 2. The molecule has 25 heavy (non-hydrogen) atoms. The Kier molecular flexibility index (Phi) is 4.42. The highest BCUT2D eigenvalue weighted by Gasteiger charge is 2.25.